The van der Waals surface area contributed by atoms with Crippen molar-refractivity contribution in [2.75, 3.05) is 0 Å². The highest BCUT2D eigenvalue weighted by Crippen LogP contribution is 2.33. The van der Waals surface area contributed by atoms with E-state index >= 15 is 0 Å². The van der Waals surface area contributed by atoms with Gasteiger partial charge in [-0.2, -0.15) is 0 Å². The van der Waals surface area contributed by atoms with E-state index < -0.39 is 30.2 Å². The summed E-state index contributed by atoms with van der Waals surface area (Å²) >= 11 is 0. The van der Waals surface area contributed by atoms with Gasteiger partial charge in [-0.25, -0.2) is 15.0 Å². The lowest BCUT2D eigenvalue weighted by atomic mass is 9.97. The summed E-state index contributed by atoms with van der Waals surface area (Å²) in [7, 11) is 0. The van der Waals surface area contributed by atoms with Crippen molar-refractivity contribution >= 4 is 21.5 Å². The van der Waals surface area contributed by atoms with Gasteiger partial charge in [-0.15, -0.1) is 0 Å². The number of nitrogens with zero attached hydrogens (tertiary/aromatic N) is 3. The molecule has 1 aromatic heterocycles. The highest BCUT2D eigenvalue weighted by atomic mass is 15.0. The number of aromatic nitrogens is 3. The normalized spacial score (nSPS) is 13.2. The number of benzene rings is 8. The molecule has 0 radical (unpaired) electrons. The van der Waals surface area contributed by atoms with Crippen LogP contribution in [0.4, 0.5) is 0 Å². The Kier molecular flexibility index (Phi) is 5.80. The van der Waals surface area contributed by atoms with E-state index in [1.807, 2.05) is 54.6 Å². The maximum Gasteiger partial charge on any atom is 0.164 e. The van der Waals surface area contributed by atoms with Gasteiger partial charge < -0.3 is 0 Å². The molecule has 8 aromatic carbocycles. The molecule has 234 valence electrons. The lowest BCUT2D eigenvalue weighted by Gasteiger charge is -2.11. The molecular weight excluding hydrogens is 607 g/mol. The molecule has 0 bridgehead atoms. The molecule has 3 nitrogen and oxygen atoms in total. The Balaban J connectivity index is 1.14. The van der Waals surface area contributed by atoms with Crippen LogP contribution >= 0.6 is 0 Å². The topological polar surface area (TPSA) is 38.7 Å². The van der Waals surface area contributed by atoms with Gasteiger partial charge in [0.25, 0.3) is 0 Å². The zero-order chi connectivity index (χ0) is 39.4. The predicted octanol–water partition coefficient (Wildman–Crippen LogP) is 12.2. The summed E-state index contributed by atoms with van der Waals surface area (Å²) in [5.74, 6) is 1.26. The van der Waals surface area contributed by atoms with Crippen LogP contribution in [0.1, 0.15) is 9.60 Å². The van der Waals surface area contributed by atoms with E-state index in [9.17, 15) is 0 Å². The van der Waals surface area contributed by atoms with E-state index in [-0.39, 0.29) is 28.4 Å². The second kappa shape index (κ2) is 12.7. The number of fused-ring (bicyclic) bond motifs is 2. The molecule has 0 amide bonds. The number of hydrogen-bond donors (Lipinski definition) is 0. The molecule has 0 aliphatic heterocycles. The molecule has 9 aromatic rings. The van der Waals surface area contributed by atoms with Crippen LogP contribution in [0.25, 0.3) is 89.1 Å². The Morgan fingerprint density at radius 1 is 0.320 bits per heavy atom. The van der Waals surface area contributed by atoms with Crippen LogP contribution in [0, 0.1) is 0 Å². The maximum atomic E-state index is 8.89. The van der Waals surface area contributed by atoms with Crippen LogP contribution in [-0.4, -0.2) is 15.0 Å². The predicted molar refractivity (Wildman–Crippen MR) is 207 cm³/mol. The first kappa shape index (κ1) is 22.8. The van der Waals surface area contributed by atoms with E-state index in [4.69, 9.17) is 24.5 Å². The summed E-state index contributed by atoms with van der Waals surface area (Å²) in [6.07, 6.45) is 0. The largest absolute Gasteiger partial charge is 0.208 e. The molecule has 0 aliphatic carbocycles. The fourth-order valence-electron chi connectivity index (χ4n) is 6.26. The molecule has 0 N–H and O–H groups in total. The first-order chi connectivity index (χ1) is 27.7. The summed E-state index contributed by atoms with van der Waals surface area (Å²) in [6.45, 7) is 0. The zero-order valence-corrected chi connectivity index (χ0v) is 26.7. The smallest absolute Gasteiger partial charge is 0.164 e. The van der Waals surface area contributed by atoms with E-state index in [1.54, 1.807) is 18.2 Å². The molecule has 0 saturated carbocycles. The van der Waals surface area contributed by atoms with Gasteiger partial charge in [-0.3, -0.25) is 0 Å². The van der Waals surface area contributed by atoms with E-state index in [0.717, 1.165) is 33.4 Å². The molecule has 50 heavy (non-hydrogen) atoms. The molecule has 0 spiro atoms. The third kappa shape index (κ3) is 5.72. The first-order valence-corrected chi connectivity index (χ1v) is 16.3. The highest BCUT2D eigenvalue weighted by Gasteiger charge is 2.14. The fraction of sp³-hybridized carbons (Fsp3) is 0. The second-order valence-corrected chi connectivity index (χ2v) is 12.0. The monoisotopic (exact) mass is 644 g/mol. The van der Waals surface area contributed by atoms with Gasteiger partial charge in [0.1, 0.15) is 0 Å². The third-order valence-electron chi connectivity index (χ3n) is 8.81. The Labute approximate surface area is 301 Å². The van der Waals surface area contributed by atoms with Gasteiger partial charge in [0.15, 0.2) is 17.5 Å². The zero-order valence-electron chi connectivity index (χ0n) is 33.7. The van der Waals surface area contributed by atoms with Crippen LogP contribution in [0.15, 0.2) is 188 Å². The van der Waals surface area contributed by atoms with Crippen LogP contribution in [0.5, 0.6) is 0 Å². The standard InChI is InChI=1S/C47H31N3/c1-2-13-36(14-3-1)45-48-46(50-47(49-45)42-20-9-18-40(31-42)44-22-10-16-35-12-6-7-21-43(35)44)41-19-8-17-38(30-41)33-23-25-34(26-24-33)39-28-27-32-11-4-5-15-37(32)29-39/h1-31H/i6D,7D,10D,12D,16D,21D,22D. The maximum absolute atomic E-state index is 8.89. The van der Waals surface area contributed by atoms with Crippen molar-refractivity contribution in [2.45, 2.75) is 0 Å². The van der Waals surface area contributed by atoms with Crippen molar-refractivity contribution in [3.05, 3.63) is 188 Å². The van der Waals surface area contributed by atoms with E-state index in [2.05, 4.69) is 72.8 Å². The summed E-state index contributed by atoms with van der Waals surface area (Å²) in [5, 5.41) is 2.32. The summed E-state index contributed by atoms with van der Waals surface area (Å²) < 4.78 is 59.8. The molecule has 0 saturated heterocycles. The van der Waals surface area contributed by atoms with Gasteiger partial charge in [0, 0.05) is 16.7 Å². The molecule has 0 fully saturated rings. The average Bonchev–Trinajstić information content (AvgIpc) is 3.26. The molecule has 3 heteroatoms. The van der Waals surface area contributed by atoms with Crippen molar-refractivity contribution in [1.82, 2.24) is 15.0 Å². The lowest BCUT2D eigenvalue weighted by Crippen LogP contribution is -2.00. The van der Waals surface area contributed by atoms with Crippen LogP contribution in [0.3, 0.4) is 0 Å². The minimum absolute atomic E-state index is 0.0209. The van der Waals surface area contributed by atoms with Crippen molar-refractivity contribution in [2.24, 2.45) is 0 Å². The van der Waals surface area contributed by atoms with E-state index in [0.29, 0.717) is 28.6 Å². The van der Waals surface area contributed by atoms with Gasteiger partial charge in [-0.05, 0) is 73.1 Å². The summed E-state index contributed by atoms with van der Waals surface area (Å²) in [6, 6.07) is 45.1. The van der Waals surface area contributed by atoms with Crippen molar-refractivity contribution in [3.8, 4) is 67.5 Å². The number of rotatable bonds is 6. The summed E-state index contributed by atoms with van der Waals surface area (Å²) in [5.41, 5.74) is 7.01. The van der Waals surface area contributed by atoms with Crippen molar-refractivity contribution < 1.29 is 9.60 Å². The van der Waals surface area contributed by atoms with Crippen LogP contribution in [-0.2, 0) is 0 Å². The van der Waals surface area contributed by atoms with Crippen molar-refractivity contribution in [1.29, 1.82) is 0 Å². The Morgan fingerprint density at radius 3 is 1.58 bits per heavy atom. The molecule has 0 atom stereocenters. The lowest BCUT2D eigenvalue weighted by molar-refractivity contribution is 1.07. The van der Waals surface area contributed by atoms with Crippen LogP contribution < -0.4 is 0 Å². The first-order valence-electron chi connectivity index (χ1n) is 19.8. The molecule has 0 aliphatic rings. The third-order valence-corrected chi connectivity index (χ3v) is 8.81. The highest BCUT2D eigenvalue weighted by molar-refractivity contribution is 5.97. The van der Waals surface area contributed by atoms with Crippen LogP contribution in [0.2, 0.25) is 0 Å². The molecule has 9 rings (SSSR count). The van der Waals surface area contributed by atoms with Gasteiger partial charge in [0.05, 0.1) is 9.60 Å². The Hall–Kier alpha value is -6.71. The average molecular weight is 645 g/mol. The summed E-state index contributed by atoms with van der Waals surface area (Å²) in [4.78, 5) is 14.8. The number of hydrogen-bond acceptors (Lipinski definition) is 3. The second-order valence-electron chi connectivity index (χ2n) is 12.0. The molecule has 0 unspecified atom stereocenters. The fourth-order valence-corrected chi connectivity index (χ4v) is 6.26. The van der Waals surface area contributed by atoms with Crippen molar-refractivity contribution in [3.63, 3.8) is 0 Å². The molecule has 1 heterocycles. The van der Waals surface area contributed by atoms with Gasteiger partial charge >= 0.3 is 0 Å². The minimum Gasteiger partial charge on any atom is -0.208 e. The minimum atomic E-state index is -0.494. The SMILES string of the molecule is [2H]c1c([2H])c([2H])c2c(-c3cccc(-c4nc(-c5ccccc5)nc(-c5cccc(-c6ccc(-c7ccc8ccccc8c7)cc6)c5)n4)c3)c([2H])c([2H])c([2H])c2c1[2H]. The van der Waals surface area contributed by atoms with Gasteiger partial charge in [-0.1, -0.05) is 170 Å². The molecular formula is C47H31N3. The quantitative estimate of drug-likeness (QED) is 0.181. The van der Waals surface area contributed by atoms with E-state index in [1.165, 1.54) is 10.8 Å². The Bertz CT molecular complexity index is 3030. The Morgan fingerprint density at radius 2 is 0.840 bits per heavy atom. The van der Waals surface area contributed by atoms with Gasteiger partial charge in [0.2, 0.25) is 0 Å².